The van der Waals surface area contributed by atoms with Crippen LogP contribution in [0.5, 0.6) is 17.2 Å². The van der Waals surface area contributed by atoms with Crippen LogP contribution in [0.15, 0.2) is 89.9 Å². The van der Waals surface area contributed by atoms with Crippen LogP contribution in [0, 0.1) is 11.6 Å². The minimum absolute atomic E-state index is 0.0118. The molecule has 1 heterocycles. The fraction of sp³-hybridized carbons (Fsp3) is 0.200. The minimum Gasteiger partial charge on any atom is -0.497 e. The van der Waals surface area contributed by atoms with Gasteiger partial charge in [0, 0.05) is 60.8 Å². The Hall–Kier alpha value is -5.22. The van der Waals surface area contributed by atoms with Crippen molar-refractivity contribution in [2.75, 3.05) is 32.3 Å². The number of aliphatic hydroxyl groups is 1. The first-order chi connectivity index (χ1) is 21.7. The van der Waals surface area contributed by atoms with Gasteiger partial charge in [-0.15, -0.1) is 0 Å². The maximum atomic E-state index is 14.1. The lowest BCUT2D eigenvalue weighted by atomic mass is 10.1. The van der Waals surface area contributed by atoms with Gasteiger partial charge in [0.2, 0.25) is 5.43 Å². The average molecular weight is 615 g/mol. The molecule has 232 valence electrons. The summed E-state index contributed by atoms with van der Waals surface area (Å²) in [6.45, 7) is 2.03. The van der Waals surface area contributed by atoms with Crippen molar-refractivity contribution in [2.24, 2.45) is 0 Å². The van der Waals surface area contributed by atoms with Gasteiger partial charge in [0.1, 0.15) is 41.1 Å². The predicted octanol–water partition coefficient (Wildman–Crippen LogP) is 6.07. The van der Waals surface area contributed by atoms with E-state index in [0.717, 1.165) is 28.2 Å². The van der Waals surface area contributed by atoms with Crippen LogP contribution >= 0.6 is 0 Å². The van der Waals surface area contributed by atoms with Gasteiger partial charge in [-0.25, -0.2) is 8.78 Å². The molecular weight excluding hydrogens is 582 g/mol. The molecule has 0 bridgehead atoms. The molecule has 8 nitrogen and oxygen atoms in total. The molecular formula is C35H32F2N2O6. The summed E-state index contributed by atoms with van der Waals surface area (Å²) < 4.78 is 46.8. The molecule has 0 saturated carbocycles. The van der Waals surface area contributed by atoms with Gasteiger partial charge >= 0.3 is 0 Å². The number of methoxy groups -OCH3 is 2. The number of amides is 1. The number of pyridine rings is 1. The number of aromatic nitrogens is 1. The number of hydrogen-bond acceptors (Lipinski definition) is 6. The van der Waals surface area contributed by atoms with Gasteiger partial charge in [0.05, 0.1) is 25.4 Å². The van der Waals surface area contributed by atoms with Gasteiger partial charge in [0.15, 0.2) is 0 Å². The van der Waals surface area contributed by atoms with Crippen molar-refractivity contribution >= 4 is 22.5 Å². The Morgan fingerprint density at radius 1 is 0.844 bits per heavy atom. The second-order valence-electron chi connectivity index (χ2n) is 10.2. The minimum atomic E-state index is -0.843. The Bertz CT molecular complexity index is 1860. The molecule has 0 aliphatic carbocycles. The smallest absolute Gasteiger partial charge is 0.263 e. The summed E-state index contributed by atoms with van der Waals surface area (Å²) in [6, 6.07) is 20.6. The van der Waals surface area contributed by atoms with Crippen molar-refractivity contribution in [1.29, 1.82) is 0 Å². The maximum absolute atomic E-state index is 14.1. The van der Waals surface area contributed by atoms with Crippen LogP contribution in [-0.4, -0.2) is 43.0 Å². The molecule has 0 radical (unpaired) electrons. The molecule has 1 amide bonds. The molecule has 0 fully saturated rings. The van der Waals surface area contributed by atoms with E-state index in [2.05, 4.69) is 0 Å². The fourth-order valence-electron chi connectivity index (χ4n) is 5.07. The third-order valence-corrected chi connectivity index (χ3v) is 7.37. The highest BCUT2D eigenvalue weighted by Crippen LogP contribution is 2.30. The molecule has 5 aromatic rings. The van der Waals surface area contributed by atoms with Gasteiger partial charge in [-0.3, -0.25) is 9.59 Å². The van der Waals surface area contributed by atoms with Crippen molar-refractivity contribution in [2.45, 2.75) is 20.0 Å². The highest BCUT2D eigenvalue weighted by Gasteiger charge is 2.24. The quantitative estimate of drug-likeness (QED) is 0.194. The molecule has 1 aromatic heterocycles. The number of nitrogens with zero attached hydrogens (tertiary/aromatic N) is 2. The van der Waals surface area contributed by atoms with Gasteiger partial charge in [-0.2, -0.15) is 0 Å². The average Bonchev–Trinajstić information content (AvgIpc) is 3.04. The molecule has 5 rings (SSSR count). The fourth-order valence-corrected chi connectivity index (χ4v) is 5.07. The predicted molar refractivity (Wildman–Crippen MR) is 168 cm³/mol. The Balaban J connectivity index is 1.62. The number of benzene rings is 4. The summed E-state index contributed by atoms with van der Waals surface area (Å²) >= 11 is 0. The van der Waals surface area contributed by atoms with E-state index in [1.807, 2.05) is 24.3 Å². The lowest BCUT2D eigenvalue weighted by Gasteiger charge is -2.22. The van der Waals surface area contributed by atoms with Gasteiger partial charge in [0.25, 0.3) is 5.91 Å². The zero-order valence-corrected chi connectivity index (χ0v) is 25.1. The van der Waals surface area contributed by atoms with E-state index in [0.29, 0.717) is 40.9 Å². The summed E-state index contributed by atoms with van der Waals surface area (Å²) in [5.41, 5.74) is 2.14. The van der Waals surface area contributed by atoms with E-state index in [4.69, 9.17) is 19.3 Å². The third-order valence-electron chi connectivity index (χ3n) is 7.37. The van der Waals surface area contributed by atoms with E-state index >= 15 is 0 Å². The number of hydrogen-bond donors (Lipinski definition) is 1. The van der Waals surface area contributed by atoms with E-state index in [-0.39, 0.29) is 36.4 Å². The standard InChI is InChI=1S/C35H32F2N2O6/c1-4-38(26-14-24(36)13-25(37)15-26)35(42)32-20-39(27-16-29(43-2)18-30(17-27)44-3)33-19-28(9-10-31(33)34(32)41)45-21-23-7-5-22(6-8-23)11-12-40/h5-10,13-20,40H,4,11-12,21H2,1-3H3. The molecule has 4 aromatic carbocycles. The number of carbonyl (C=O) groups is 1. The monoisotopic (exact) mass is 614 g/mol. The molecule has 0 aliphatic rings. The molecule has 0 aliphatic heterocycles. The normalized spacial score (nSPS) is 11.0. The number of aliphatic hydroxyl groups excluding tert-OH is 1. The van der Waals surface area contributed by atoms with Crippen LogP contribution in [0.4, 0.5) is 14.5 Å². The van der Waals surface area contributed by atoms with E-state index < -0.39 is 23.0 Å². The number of anilines is 1. The van der Waals surface area contributed by atoms with Crippen molar-refractivity contribution in [3.63, 3.8) is 0 Å². The highest BCUT2D eigenvalue weighted by molar-refractivity contribution is 6.07. The second kappa shape index (κ2) is 13.6. The lowest BCUT2D eigenvalue weighted by molar-refractivity contribution is 0.0987. The van der Waals surface area contributed by atoms with Crippen molar-refractivity contribution in [3.05, 3.63) is 124 Å². The zero-order chi connectivity index (χ0) is 32.1. The van der Waals surface area contributed by atoms with Crippen LogP contribution in [-0.2, 0) is 13.0 Å². The largest absolute Gasteiger partial charge is 0.497 e. The molecule has 0 saturated heterocycles. The van der Waals surface area contributed by atoms with E-state index in [9.17, 15) is 18.4 Å². The molecule has 1 N–H and O–H groups in total. The Labute approximate surface area is 258 Å². The number of ether oxygens (including phenoxy) is 3. The number of rotatable bonds is 11. The summed E-state index contributed by atoms with van der Waals surface area (Å²) in [4.78, 5) is 28.9. The number of carbonyl (C=O) groups excluding carboxylic acids is 1. The van der Waals surface area contributed by atoms with E-state index in [1.165, 1.54) is 20.4 Å². The van der Waals surface area contributed by atoms with Crippen molar-refractivity contribution in [1.82, 2.24) is 4.57 Å². The van der Waals surface area contributed by atoms with Gasteiger partial charge in [-0.1, -0.05) is 24.3 Å². The van der Waals surface area contributed by atoms with Crippen molar-refractivity contribution < 1.29 is 32.9 Å². The molecule has 0 unspecified atom stereocenters. The Morgan fingerprint density at radius 3 is 2.09 bits per heavy atom. The second-order valence-corrected chi connectivity index (χ2v) is 10.2. The number of halogens is 2. The summed E-state index contributed by atoms with van der Waals surface area (Å²) in [5.74, 6) is -0.968. The van der Waals surface area contributed by atoms with Gasteiger partial charge in [-0.05, 0) is 48.7 Å². The van der Waals surface area contributed by atoms with Crippen LogP contribution in [0.25, 0.3) is 16.6 Å². The molecule has 0 spiro atoms. The van der Waals surface area contributed by atoms with Crippen LogP contribution < -0.4 is 24.5 Å². The number of fused-ring (bicyclic) bond motifs is 1. The van der Waals surface area contributed by atoms with Crippen LogP contribution in [0.2, 0.25) is 0 Å². The third kappa shape index (κ3) is 6.81. The topological polar surface area (TPSA) is 90.2 Å². The maximum Gasteiger partial charge on any atom is 0.263 e. The first-order valence-corrected chi connectivity index (χ1v) is 14.3. The lowest BCUT2D eigenvalue weighted by Crippen LogP contribution is -2.35. The van der Waals surface area contributed by atoms with Crippen LogP contribution in [0.1, 0.15) is 28.4 Å². The van der Waals surface area contributed by atoms with E-state index in [1.54, 1.807) is 47.9 Å². The first-order valence-electron chi connectivity index (χ1n) is 14.3. The first kappa shape index (κ1) is 31.2. The highest BCUT2D eigenvalue weighted by atomic mass is 19.1. The molecule has 0 atom stereocenters. The summed E-state index contributed by atoms with van der Waals surface area (Å²) in [5, 5.41) is 9.39. The van der Waals surface area contributed by atoms with Crippen LogP contribution in [0.3, 0.4) is 0 Å². The summed E-state index contributed by atoms with van der Waals surface area (Å²) in [7, 11) is 3.02. The zero-order valence-electron chi connectivity index (χ0n) is 25.1. The van der Waals surface area contributed by atoms with Crippen molar-refractivity contribution in [3.8, 4) is 22.9 Å². The van der Waals surface area contributed by atoms with Gasteiger partial charge < -0.3 is 28.8 Å². The molecule has 10 heteroatoms. The molecule has 45 heavy (non-hydrogen) atoms. The Morgan fingerprint density at radius 2 is 1.49 bits per heavy atom. The summed E-state index contributed by atoms with van der Waals surface area (Å²) in [6.07, 6.45) is 1.97. The SMILES string of the molecule is CCN(C(=O)c1cn(-c2cc(OC)cc(OC)c2)c2cc(OCc3ccc(CCO)cc3)ccc2c1=O)c1cc(F)cc(F)c1. The Kier molecular flexibility index (Phi) is 9.44.